The van der Waals surface area contributed by atoms with Crippen molar-refractivity contribution in [2.24, 2.45) is 0 Å². The number of rotatable bonds is 7. The lowest BCUT2D eigenvalue weighted by Gasteiger charge is -2.15. The van der Waals surface area contributed by atoms with Crippen LogP contribution in [0.3, 0.4) is 0 Å². The Labute approximate surface area is 143 Å². The van der Waals surface area contributed by atoms with Gasteiger partial charge in [-0.2, -0.15) is 0 Å². The molecule has 1 aromatic heterocycles. The third kappa shape index (κ3) is 4.55. The molecule has 24 heavy (non-hydrogen) atoms. The summed E-state index contributed by atoms with van der Waals surface area (Å²) in [6, 6.07) is 8.15. The standard InChI is InChI=1S/C17H20N2O4S/c1-11-12(2)24-17(23)19(11)9-8-15(20)18-14(16(21)22)10-13-6-4-3-5-7-13/h3-7,14H,8-10H2,1-2H3,(H,18,20)(H,21,22)/t14-/m0/s1. The van der Waals surface area contributed by atoms with E-state index in [0.29, 0.717) is 0 Å². The van der Waals surface area contributed by atoms with Crippen LogP contribution in [0, 0.1) is 13.8 Å². The molecule has 0 spiro atoms. The summed E-state index contributed by atoms with van der Waals surface area (Å²) in [7, 11) is 0. The predicted octanol–water partition coefficient (Wildman–Crippen LogP) is 1.73. The van der Waals surface area contributed by atoms with Crippen LogP contribution >= 0.6 is 11.3 Å². The second-order valence-corrected chi connectivity index (χ2v) is 6.73. The number of aromatic nitrogens is 1. The summed E-state index contributed by atoms with van der Waals surface area (Å²) < 4.78 is 1.55. The Morgan fingerprint density at radius 3 is 2.46 bits per heavy atom. The van der Waals surface area contributed by atoms with E-state index in [9.17, 15) is 19.5 Å². The molecule has 2 aromatic rings. The fourth-order valence-electron chi connectivity index (χ4n) is 2.38. The van der Waals surface area contributed by atoms with Gasteiger partial charge in [0.05, 0.1) is 0 Å². The van der Waals surface area contributed by atoms with Crippen LogP contribution in [-0.4, -0.2) is 27.6 Å². The lowest BCUT2D eigenvalue weighted by molar-refractivity contribution is -0.141. The molecule has 0 aliphatic carbocycles. The normalized spacial score (nSPS) is 11.9. The van der Waals surface area contributed by atoms with E-state index < -0.39 is 12.0 Å². The first kappa shape index (κ1) is 17.9. The molecule has 0 bridgehead atoms. The third-order valence-corrected chi connectivity index (χ3v) is 4.85. The van der Waals surface area contributed by atoms with Crippen molar-refractivity contribution in [2.75, 3.05) is 0 Å². The zero-order chi connectivity index (χ0) is 17.7. The van der Waals surface area contributed by atoms with E-state index in [1.807, 2.05) is 44.2 Å². The average Bonchev–Trinajstić information content (AvgIpc) is 2.78. The van der Waals surface area contributed by atoms with E-state index in [1.54, 1.807) is 4.57 Å². The number of carboxylic acid groups (broad SMARTS) is 1. The maximum Gasteiger partial charge on any atom is 0.326 e. The van der Waals surface area contributed by atoms with Gasteiger partial charge in [-0.25, -0.2) is 4.79 Å². The third-order valence-electron chi connectivity index (χ3n) is 3.85. The smallest absolute Gasteiger partial charge is 0.326 e. The zero-order valence-corrected chi connectivity index (χ0v) is 14.4. The van der Waals surface area contributed by atoms with Crippen molar-refractivity contribution in [3.05, 3.63) is 56.1 Å². The quantitative estimate of drug-likeness (QED) is 0.797. The fraction of sp³-hybridized carbons (Fsp3) is 0.353. The highest BCUT2D eigenvalue weighted by Crippen LogP contribution is 2.10. The summed E-state index contributed by atoms with van der Waals surface area (Å²) in [5.41, 5.74) is 1.68. The molecule has 2 N–H and O–H groups in total. The van der Waals surface area contributed by atoms with E-state index >= 15 is 0 Å². The van der Waals surface area contributed by atoms with Gasteiger partial charge in [0, 0.05) is 30.0 Å². The molecule has 128 valence electrons. The Kier molecular flexibility index (Phi) is 5.92. The number of hydrogen-bond donors (Lipinski definition) is 2. The van der Waals surface area contributed by atoms with Crippen LogP contribution < -0.4 is 10.2 Å². The number of nitrogens with zero attached hydrogens (tertiary/aromatic N) is 1. The molecule has 1 aromatic carbocycles. The number of nitrogens with one attached hydrogen (secondary N) is 1. The highest BCUT2D eigenvalue weighted by Gasteiger charge is 2.20. The average molecular weight is 348 g/mol. The Morgan fingerprint density at radius 2 is 1.92 bits per heavy atom. The van der Waals surface area contributed by atoms with Crippen molar-refractivity contribution in [3.8, 4) is 0 Å². The second-order valence-electron chi connectivity index (χ2n) is 5.56. The van der Waals surface area contributed by atoms with E-state index in [4.69, 9.17) is 0 Å². The second kappa shape index (κ2) is 7.92. The van der Waals surface area contributed by atoms with Gasteiger partial charge in [0.2, 0.25) is 5.91 Å². The van der Waals surface area contributed by atoms with Gasteiger partial charge < -0.3 is 15.0 Å². The van der Waals surface area contributed by atoms with Gasteiger partial charge in [0.25, 0.3) is 0 Å². The number of amides is 1. The number of aryl methyl sites for hydroxylation is 1. The van der Waals surface area contributed by atoms with Gasteiger partial charge in [0.1, 0.15) is 6.04 Å². The number of carboxylic acids is 1. The molecule has 0 radical (unpaired) electrons. The molecular formula is C17H20N2O4S. The fourth-order valence-corrected chi connectivity index (χ4v) is 3.23. The lowest BCUT2D eigenvalue weighted by Crippen LogP contribution is -2.42. The summed E-state index contributed by atoms with van der Waals surface area (Å²) >= 11 is 1.15. The van der Waals surface area contributed by atoms with Crippen LogP contribution in [0.15, 0.2) is 35.1 Å². The number of aliphatic carboxylic acids is 1. The van der Waals surface area contributed by atoms with Crippen LogP contribution in [0.1, 0.15) is 22.6 Å². The molecule has 0 saturated heterocycles. The number of carbonyl (C=O) groups is 2. The number of thiazole rings is 1. The summed E-state index contributed by atoms with van der Waals surface area (Å²) in [4.78, 5) is 36.0. The van der Waals surface area contributed by atoms with Crippen molar-refractivity contribution in [1.82, 2.24) is 9.88 Å². The number of carbonyl (C=O) groups excluding carboxylic acids is 1. The van der Waals surface area contributed by atoms with E-state index in [0.717, 1.165) is 27.5 Å². The van der Waals surface area contributed by atoms with Crippen LogP contribution in [0.2, 0.25) is 0 Å². The molecule has 0 fully saturated rings. The molecule has 0 saturated carbocycles. The van der Waals surface area contributed by atoms with Gasteiger partial charge in [0.15, 0.2) is 0 Å². The number of hydrogen-bond acceptors (Lipinski definition) is 4. The number of benzene rings is 1. The molecule has 7 heteroatoms. The first-order valence-corrected chi connectivity index (χ1v) is 8.43. The minimum Gasteiger partial charge on any atom is -0.480 e. The Bertz CT molecular complexity index is 780. The summed E-state index contributed by atoms with van der Waals surface area (Å²) in [5.74, 6) is -1.46. The topological polar surface area (TPSA) is 88.4 Å². The Hall–Kier alpha value is -2.41. The lowest BCUT2D eigenvalue weighted by atomic mass is 10.1. The van der Waals surface area contributed by atoms with Crippen molar-refractivity contribution >= 4 is 23.2 Å². The maximum atomic E-state index is 12.1. The van der Waals surface area contributed by atoms with Gasteiger partial charge >= 0.3 is 10.8 Å². The van der Waals surface area contributed by atoms with Gasteiger partial charge in [-0.3, -0.25) is 9.59 Å². The SMILES string of the molecule is Cc1sc(=O)n(CCC(=O)N[C@@H](Cc2ccccc2)C(=O)O)c1C. The predicted molar refractivity (Wildman–Crippen MR) is 92.4 cm³/mol. The molecule has 1 atom stereocenters. The van der Waals surface area contributed by atoms with Crippen molar-refractivity contribution in [1.29, 1.82) is 0 Å². The molecule has 0 aliphatic rings. The van der Waals surface area contributed by atoms with Crippen LogP contribution in [0.4, 0.5) is 0 Å². The first-order valence-electron chi connectivity index (χ1n) is 7.61. The van der Waals surface area contributed by atoms with Gasteiger partial charge in [-0.1, -0.05) is 41.7 Å². The molecule has 0 aliphatic heterocycles. The first-order chi connectivity index (χ1) is 11.4. The largest absolute Gasteiger partial charge is 0.480 e. The molecule has 0 unspecified atom stereocenters. The van der Waals surface area contributed by atoms with Crippen LogP contribution in [0.25, 0.3) is 0 Å². The minimum atomic E-state index is -1.08. The summed E-state index contributed by atoms with van der Waals surface area (Å²) in [6.45, 7) is 3.94. The van der Waals surface area contributed by atoms with Crippen molar-refractivity contribution in [2.45, 2.75) is 39.3 Å². The molecule has 1 heterocycles. The molecule has 1 amide bonds. The van der Waals surface area contributed by atoms with E-state index in [-0.39, 0.29) is 30.2 Å². The van der Waals surface area contributed by atoms with E-state index in [1.165, 1.54) is 0 Å². The molecule has 6 nitrogen and oxygen atoms in total. The van der Waals surface area contributed by atoms with Crippen LogP contribution in [0.5, 0.6) is 0 Å². The van der Waals surface area contributed by atoms with Crippen molar-refractivity contribution in [3.63, 3.8) is 0 Å². The highest BCUT2D eigenvalue weighted by molar-refractivity contribution is 7.09. The van der Waals surface area contributed by atoms with E-state index in [2.05, 4.69) is 5.32 Å². The summed E-state index contributed by atoms with van der Waals surface area (Å²) in [6.07, 6.45) is 0.286. The monoisotopic (exact) mass is 348 g/mol. The Balaban J connectivity index is 1.96. The molecule has 2 rings (SSSR count). The maximum absolute atomic E-state index is 12.1. The molecular weight excluding hydrogens is 328 g/mol. The van der Waals surface area contributed by atoms with Crippen molar-refractivity contribution < 1.29 is 14.7 Å². The Morgan fingerprint density at radius 1 is 1.25 bits per heavy atom. The minimum absolute atomic E-state index is 0.0650. The van der Waals surface area contributed by atoms with Crippen LogP contribution in [-0.2, 0) is 22.6 Å². The van der Waals surface area contributed by atoms with Gasteiger partial charge in [-0.15, -0.1) is 0 Å². The summed E-state index contributed by atoms with van der Waals surface area (Å²) in [5, 5.41) is 11.8. The zero-order valence-electron chi connectivity index (χ0n) is 13.6. The highest BCUT2D eigenvalue weighted by atomic mass is 32.1. The van der Waals surface area contributed by atoms with Gasteiger partial charge in [-0.05, 0) is 19.4 Å².